The van der Waals surface area contributed by atoms with Gasteiger partial charge in [-0.25, -0.2) is 9.79 Å². The molecular formula is C31H28N2O5S. The van der Waals surface area contributed by atoms with Gasteiger partial charge in [-0.2, -0.15) is 0 Å². The van der Waals surface area contributed by atoms with Gasteiger partial charge in [0.25, 0.3) is 5.56 Å². The van der Waals surface area contributed by atoms with E-state index < -0.39 is 12.0 Å². The summed E-state index contributed by atoms with van der Waals surface area (Å²) >= 11 is 1.29. The van der Waals surface area contributed by atoms with E-state index in [9.17, 15) is 9.59 Å². The van der Waals surface area contributed by atoms with Crippen LogP contribution in [0.4, 0.5) is 0 Å². The molecule has 8 heteroatoms. The summed E-state index contributed by atoms with van der Waals surface area (Å²) in [7, 11) is 1.58. The Kier molecular flexibility index (Phi) is 7.74. The molecular weight excluding hydrogens is 512 g/mol. The molecule has 0 radical (unpaired) electrons. The van der Waals surface area contributed by atoms with E-state index >= 15 is 0 Å². The lowest BCUT2D eigenvalue weighted by Crippen LogP contribution is -2.39. The van der Waals surface area contributed by atoms with Crippen LogP contribution in [0.25, 0.3) is 6.08 Å². The number of carbonyl (C=O) groups is 1. The van der Waals surface area contributed by atoms with Crippen LogP contribution in [0.1, 0.15) is 36.6 Å². The van der Waals surface area contributed by atoms with Crippen LogP contribution >= 0.6 is 11.3 Å². The molecule has 5 rings (SSSR count). The number of nitrogens with zero attached hydrogens (tertiary/aromatic N) is 2. The van der Waals surface area contributed by atoms with E-state index in [0.717, 1.165) is 22.4 Å². The topological polar surface area (TPSA) is 79.1 Å². The van der Waals surface area contributed by atoms with Crippen molar-refractivity contribution < 1.29 is 19.0 Å². The summed E-state index contributed by atoms with van der Waals surface area (Å²) in [4.78, 5) is 32.0. The highest BCUT2D eigenvalue weighted by Crippen LogP contribution is 2.32. The Labute approximate surface area is 229 Å². The number of esters is 1. The average molecular weight is 541 g/mol. The number of thiazole rings is 1. The number of hydrogen-bond donors (Lipinski definition) is 0. The largest absolute Gasteiger partial charge is 0.497 e. The van der Waals surface area contributed by atoms with Crippen molar-refractivity contribution in [1.29, 1.82) is 0 Å². The van der Waals surface area contributed by atoms with Gasteiger partial charge in [-0.05, 0) is 60.9 Å². The predicted molar refractivity (Wildman–Crippen MR) is 151 cm³/mol. The second-order valence-corrected chi connectivity index (χ2v) is 9.93. The van der Waals surface area contributed by atoms with E-state index in [1.54, 1.807) is 25.5 Å². The van der Waals surface area contributed by atoms with E-state index in [2.05, 4.69) is 4.99 Å². The minimum Gasteiger partial charge on any atom is -0.497 e. The van der Waals surface area contributed by atoms with Crippen molar-refractivity contribution in [3.05, 3.63) is 127 Å². The smallest absolute Gasteiger partial charge is 0.338 e. The predicted octanol–water partition coefficient (Wildman–Crippen LogP) is 4.39. The standard InChI is InChI=1S/C31H28N2O5S/c1-4-37-30(35)27-20(2)32-31-33(28(27)23-11-8-12-25(18-23)36-3)29(34)26(39-31)17-21-13-15-24(16-14-21)38-19-22-9-6-5-7-10-22/h5-18,28H,4,19H2,1-3H3/b26-17+/t28-/m0/s1. The molecule has 0 saturated heterocycles. The molecule has 198 valence electrons. The molecule has 0 unspecified atom stereocenters. The van der Waals surface area contributed by atoms with Crippen LogP contribution in [-0.2, 0) is 16.1 Å². The number of ether oxygens (including phenoxy) is 3. The summed E-state index contributed by atoms with van der Waals surface area (Å²) in [6, 6.07) is 24.2. The van der Waals surface area contributed by atoms with Gasteiger partial charge in [-0.1, -0.05) is 65.9 Å². The quantitative estimate of drug-likeness (QED) is 0.310. The third kappa shape index (κ3) is 5.56. The number of carbonyl (C=O) groups excluding carboxylic acids is 1. The SMILES string of the molecule is CCOC(=O)C1=C(C)N=c2s/c(=C/c3ccc(OCc4ccccc4)cc3)c(=O)n2[C@H]1c1cccc(OC)c1. The molecule has 0 amide bonds. The van der Waals surface area contributed by atoms with Gasteiger partial charge in [0.05, 0.1) is 35.6 Å². The molecule has 0 saturated carbocycles. The molecule has 7 nitrogen and oxygen atoms in total. The molecule has 1 aromatic heterocycles. The second kappa shape index (κ2) is 11.5. The number of rotatable bonds is 8. The zero-order valence-corrected chi connectivity index (χ0v) is 22.7. The number of aromatic nitrogens is 1. The number of hydrogen-bond acceptors (Lipinski definition) is 7. The minimum absolute atomic E-state index is 0.218. The maximum Gasteiger partial charge on any atom is 0.338 e. The molecule has 3 aromatic carbocycles. The van der Waals surface area contributed by atoms with Crippen molar-refractivity contribution in [1.82, 2.24) is 4.57 Å². The average Bonchev–Trinajstić information content (AvgIpc) is 3.26. The first-order chi connectivity index (χ1) is 19.0. The molecule has 0 aliphatic carbocycles. The second-order valence-electron chi connectivity index (χ2n) is 8.92. The normalized spacial score (nSPS) is 14.9. The summed E-state index contributed by atoms with van der Waals surface area (Å²) in [6.07, 6.45) is 1.83. The van der Waals surface area contributed by atoms with Crippen LogP contribution in [0.3, 0.4) is 0 Å². The van der Waals surface area contributed by atoms with E-state index in [1.807, 2.05) is 84.9 Å². The van der Waals surface area contributed by atoms with E-state index in [4.69, 9.17) is 14.2 Å². The van der Waals surface area contributed by atoms with Crippen LogP contribution in [0.2, 0.25) is 0 Å². The highest BCUT2D eigenvalue weighted by atomic mass is 32.1. The third-order valence-electron chi connectivity index (χ3n) is 6.35. The van der Waals surface area contributed by atoms with Crippen LogP contribution in [0.5, 0.6) is 11.5 Å². The fourth-order valence-corrected chi connectivity index (χ4v) is 5.52. The number of allylic oxidation sites excluding steroid dienone is 1. The Morgan fingerprint density at radius 1 is 1.03 bits per heavy atom. The molecule has 4 aromatic rings. The molecule has 0 fully saturated rings. The van der Waals surface area contributed by atoms with Gasteiger partial charge in [-0.3, -0.25) is 9.36 Å². The van der Waals surface area contributed by atoms with Gasteiger partial charge >= 0.3 is 5.97 Å². The van der Waals surface area contributed by atoms with Crippen LogP contribution in [0, 0.1) is 0 Å². The van der Waals surface area contributed by atoms with Crippen molar-refractivity contribution in [3.8, 4) is 11.5 Å². The molecule has 0 bridgehead atoms. The van der Waals surface area contributed by atoms with Crippen molar-refractivity contribution >= 4 is 23.4 Å². The highest BCUT2D eigenvalue weighted by molar-refractivity contribution is 7.07. The summed E-state index contributed by atoms with van der Waals surface area (Å²) in [5, 5.41) is 0. The van der Waals surface area contributed by atoms with Gasteiger partial charge < -0.3 is 14.2 Å². The van der Waals surface area contributed by atoms with Gasteiger partial charge in [0, 0.05) is 0 Å². The summed E-state index contributed by atoms with van der Waals surface area (Å²) in [6.45, 7) is 4.22. The van der Waals surface area contributed by atoms with Crippen LogP contribution < -0.4 is 24.4 Å². The lowest BCUT2D eigenvalue weighted by atomic mass is 9.95. The van der Waals surface area contributed by atoms with Crippen molar-refractivity contribution in [2.45, 2.75) is 26.5 Å². The Hall–Kier alpha value is -4.43. The summed E-state index contributed by atoms with van der Waals surface area (Å²) in [5.74, 6) is 0.874. The molecule has 0 N–H and O–H groups in total. The summed E-state index contributed by atoms with van der Waals surface area (Å²) in [5.41, 5.74) is 3.31. The van der Waals surface area contributed by atoms with E-state index in [-0.39, 0.29) is 12.2 Å². The van der Waals surface area contributed by atoms with Crippen molar-refractivity contribution in [2.24, 2.45) is 4.99 Å². The van der Waals surface area contributed by atoms with Gasteiger partial charge in [-0.15, -0.1) is 0 Å². The first-order valence-electron chi connectivity index (χ1n) is 12.6. The summed E-state index contributed by atoms with van der Waals surface area (Å²) < 4.78 is 18.7. The molecule has 1 aliphatic rings. The Morgan fingerprint density at radius 3 is 2.51 bits per heavy atom. The fraction of sp³-hybridized carbons (Fsp3) is 0.194. The Balaban J connectivity index is 1.52. The Morgan fingerprint density at radius 2 is 1.79 bits per heavy atom. The van der Waals surface area contributed by atoms with Gasteiger partial charge in [0.2, 0.25) is 0 Å². The van der Waals surface area contributed by atoms with Crippen molar-refractivity contribution in [2.75, 3.05) is 13.7 Å². The third-order valence-corrected chi connectivity index (χ3v) is 7.34. The zero-order chi connectivity index (χ0) is 27.4. The monoisotopic (exact) mass is 540 g/mol. The van der Waals surface area contributed by atoms with Crippen LogP contribution in [0.15, 0.2) is 99.9 Å². The number of benzene rings is 3. The molecule has 39 heavy (non-hydrogen) atoms. The lowest BCUT2D eigenvalue weighted by Gasteiger charge is -2.25. The van der Waals surface area contributed by atoms with Gasteiger partial charge in [0.1, 0.15) is 18.1 Å². The molecule has 2 heterocycles. The van der Waals surface area contributed by atoms with Crippen LogP contribution in [-0.4, -0.2) is 24.3 Å². The van der Waals surface area contributed by atoms with Gasteiger partial charge in [0.15, 0.2) is 4.80 Å². The maximum atomic E-state index is 13.8. The number of methoxy groups -OCH3 is 1. The van der Waals surface area contributed by atoms with Crippen molar-refractivity contribution in [3.63, 3.8) is 0 Å². The Bertz CT molecular complexity index is 1700. The molecule has 1 aliphatic heterocycles. The molecule has 1 atom stereocenters. The zero-order valence-electron chi connectivity index (χ0n) is 21.9. The first-order valence-corrected chi connectivity index (χ1v) is 13.4. The minimum atomic E-state index is -0.689. The maximum absolute atomic E-state index is 13.8. The van der Waals surface area contributed by atoms with E-state index in [0.29, 0.717) is 33.0 Å². The fourth-order valence-electron chi connectivity index (χ4n) is 4.47. The molecule has 0 spiro atoms. The highest BCUT2D eigenvalue weighted by Gasteiger charge is 2.33. The lowest BCUT2D eigenvalue weighted by molar-refractivity contribution is -0.139. The number of fused-ring (bicyclic) bond motifs is 1. The first kappa shape index (κ1) is 26.2. The van der Waals surface area contributed by atoms with E-state index in [1.165, 1.54) is 11.3 Å².